The molecule has 296 valence electrons. The first-order chi connectivity index (χ1) is 31.2. The standard InChI is InChI=1S/C57H38N6/c58-36-50-52(59-43-14-3-1-4-15-43)30-29-48-47-28-26-41(40-27-31-53-42(34-40)32-33-62(53)44-16-5-2-6-17-44)35-54(47)63(56(48)50)57-60-51-21-10-9-19-49(51)55(61-57)39-24-22-38(23-25-39)46-20-11-13-37-12-7-8-18-45(37)46/h1-36,58-59H. The molecule has 0 saturated heterocycles. The molecule has 12 aromatic rings. The van der Waals surface area contributed by atoms with E-state index in [1.54, 1.807) is 0 Å². The van der Waals surface area contributed by atoms with Crippen molar-refractivity contribution in [1.82, 2.24) is 19.1 Å². The Bertz CT molecular complexity index is 3710. The molecule has 0 radical (unpaired) electrons. The molecule has 0 amide bonds. The van der Waals surface area contributed by atoms with E-state index in [0.717, 1.165) is 94.2 Å². The topological polar surface area (TPSA) is 71.5 Å². The quantitative estimate of drug-likeness (QED) is 0.150. The summed E-state index contributed by atoms with van der Waals surface area (Å²) in [6, 6.07) is 72.2. The summed E-state index contributed by atoms with van der Waals surface area (Å²) in [5.41, 5.74) is 13.8. The Labute approximate surface area is 363 Å². The minimum absolute atomic E-state index is 0.536. The van der Waals surface area contributed by atoms with Crippen molar-refractivity contribution in [3.05, 3.63) is 218 Å². The fraction of sp³-hybridized carbons (Fsp3) is 0. The third kappa shape index (κ3) is 6.15. The summed E-state index contributed by atoms with van der Waals surface area (Å²) >= 11 is 0. The molecule has 0 atom stereocenters. The molecular weight excluding hydrogens is 769 g/mol. The van der Waals surface area contributed by atoms with Gasteiger partial charge in [-0.1, -0.05) is 146 Å². The highest BCUT2D eigenvalue weighted by atomic mass is 15.2. The van der Waals surface area contributed by atoms with Gasteiger partial charge < -0.3 is 15.3 Å². The van der Waals surface area contributed by atoms with Gasteiger partial charge in [0.05, 0.1) is 27.8 Å². The van der Waals surface area contributed by atoms with Crippen LogP contribution in [-0.2, 0) is 0 Å². The van der Waals surface area contributed by atoms with E-state index in [4.69, 9.17) is 15.4 Å². The molecule has 12 rings (SSSR count). The number of rotatable bonds is 8. The van der Waals surface area contributed by atoms with E-state index in [9.17, 15) is 0 Å². The lowest BCUT2D eigenvalue weighted by Gasteiger charge is -2.15. The monoisotopic (exact) mass is 806 g/mol. The second-order valence-corrected chi connectivity index (χ2v) is 15.9. The number of benzene rings is 9. The van der Waals surface area contributed by atoms with Crippen LogP contribution in [0.3, 0.4) is 0 Å². The van der Waals surface area contributed by atoms with Crippen molar-refractivity contribution >= 4 is 72.0 Å². The maximum absolute atomic E-state index is 8.91. The van der Waals surface area contributed by atoms with Crippen LogP contribution in [0.25, 0.3) is 99.5 Å². The van der Waals surface area contributed by atoms with Crippen LogP contribution in [0.1, 0.15) is 5.56 Å². The highest BCUT2D eigenvalue weighted by Gasteiger charge is 2.22. The molecule has 0 aliphatic heterocycles. The minimum Gasteiger partial charge on any atom is -0.355 e. The molecule has 0 unspecified atom stereocenters. The molecule has 0 aliphatic rings. The van der Waals surface area contributed by atoms with Crippen LogP contribution in [0, 0.1) is 5.41 Å². The highest BCUT2D eigenvalue weighted by molar-refractivity contribution is 6.17. The highest BCUT2D eigenvalue weighted by Crippen LogP contribution is 2.40. The molecule has 63 heavy (non-hydrogen) atoms. The minimum atomic E-state index is 0.536. The zero-order valence-electron chi connectivity index (χ0n) is 34.1. The number of hydrogen-bond donors (Lipinski definition) is 2. The normalized spacial score (nSPS) is 11.6. The maximum Gasteiger partial charge on any atom is 0.235 e. The SMILES string of the molecule is N=Cc1c(Nc2ccccc2)ccc2c3ccc(-c4ccc5c(ccn5-c5ccccc5)c4)cc3n(-c3nc(-c4ccc(-c5cccc6ccccc56)cc4)c4ccccc4n3)c12. The first kappa shape index (κ1) is 36.3. The van der Waals surface area contributed by atoms with E-state index < -0.39 is 0 Å². The third-order valence-electron chi connectivity index (χ3n) is 12.3. The van der Waals surface area contributed by atoms with E-state index in [-0.39, 0.29) is 0 Å². The third-order valence-corrected chi connectivity index (χ3v) is 12.3. The summed E-state index contributed by atoms with van der Waals surface area (Å²) in [4.78, 5) is 10.8. The molecule has 3 heterocycles. The van der Waals surface area contributed by atoms with Crippen LogP contribution in [0.2, 0.25) is 0 Å². The number of anilines is 2. The molecule has 0 aliphatic carbocycles. The molecule has 9 aromatic carbocycles. The largest absolute Gasteiger partial charge is 0.355 e. The first-order valence-corrected chi connectivity index (χ1v) is 21.1. The van der Waals surface area contributed by atoms with Crippen molar-refractivity contribution in [3.8, 4) is 45.1 Å². The van der Waals surface area contributed by atoms with E-state index in [1.165, 1.54) is 22.6 Å². The second kappa shape index (κ2) is 14.8. The van der Waals surface area contributed by atoms with Gasteiger partial charge in [0.25, 0.3) is 0 Å². The van der Waals surface area contributed by atoms with E-state index in [0.29, 0.717) is 5.95 Å². The first-order valence-electron chi connectivity index (χ1n) is 21.1. The molecule has 6 nitrogen and oxygen atoms in total. The van der Waals surface area contributed by atoms with Gasteiger partial charge in [-0.2, -0.15) is 0 Å². The van der Waals surface area contributed by atoms with Crippen molar-refractivity contribution in [1.29, 1.82) is 5.41 Å². The Morgan fingerprint density at radius 1 is 0.476 bits per heavy atom. The van der Waals surface area contributed by atoms with Gasteiger partial charge in [0.2, 0.25) is 5.95 Å². The van der Waals surface area contributed by atoms with Crippen LogP contribution < -0.4 is 5.32 Å². The Morgan fingerprint density at radius 2 is 1.16 bits per heavy atom. The molecule has 2 N–H and O–H groups in total. The van der Waals surface area contributed by atoms with Crippen LogP contribution >= 0.6 is 0 Å². The average molecular weight is 807 g/mol. The van der Waals surface area contributed by atoms with Crippen molar-refractivity contribution < 1.29 is 0 Å². The van der Waals surface area contributed by atoms with Crippen LogP contribution in [0.5, 0.6) is 0 Å². The van der Waals surface area contributed by atoms with Gasteiger partial charge in [0, 0.05) is 62.1 Å². The van der Waals surface area contributed by atoms with E-state index in [2.05, 4.69) is 178 Å². The molecule has 6 heteroatoms. The smallest absolute Gasteiger partial charge is 0.235 e. The zero-order valence-corrected chi connectivity index (χ0v) is 34.1. The summed E-state index contributed by atoms with van der Waals surface area (Å²) in [6.07, 6.45) is 3.58. The zero-order chi connectivity index (χ0) is 41.9. The average Bonchev–Trinajstić information content (AvgIpc) is 3.93. The molecule has 0 bridgehead atoms. The summed E-state index contributed by atoms with van der Waals surface area (Å²) < 4.78 is 4.39. The van der Waals surface area contributed by atoms with Gasteiger partial charge >= 0.3 is 0 Å². The van der Waals surface area contributed by atoms with E-state index in [1.807, 2.05) is 48.5 Å². The molecule has 3 aromatic heterocycles. The number of aromatic nitrogens is 4. The van der Waals surface area contributed by atoms with Crippen LogP contribution in [-0.4, -0.2) is 25.3 Å². The number of para-hydroxylation sites is 3. The number of nitrogens with zero attached hydrogens (tertiary/aromatic N) is 4. The lowest BCUT2D eigenvalue weighted by atomic mass is 9.96. The maximum atomic E-state index is 8.91. The Kier molecular flexibility index (Phi) is 8.54. The lowest BCUT2D eigenvalue weighted by molar-refractivity contribution is 1.01. The van der Waals surface area contributed by atoms with Crippen LogP contribution in [0.15, 0.2) is 212 Å². The number of nitrogens with one attached hydrogen (secondary N) is 2. The summed E-state index contributed by atoms with van der Waals surface area (Å²) in [6.45, 7) is 0. The summed E-state index contributed by atoms with van der Waals surface area (Å²) in [5.74, 6) is 0.536. The predicted molar refractivity (Wildman–Crippen MR) is 262 cm³/mol. The summed E-state index contributed by atoms with van der Waals surface area (Å²) in [5, 5.41) is 19.1. The number of fused-ring (bicyclic) bond motifs is 6. The van der Waals surface area contributed by atoms with Gasteiger partial charge in [-0.15, -0.1) is 0 Å². The van der Waals surface area contributed by atoms with Crippen molar-refractivity contribution in [2.45, 2.75) is 0 Å². The second-order valence-electron chi connectivity index (χ2n) is 15.9. The van der Waals surface area contributed by atoms with Crippen molar-refractivity contribution in [2.24, 2.45) is 0 Å². The van der Waals surface area contributed by atoms with Crippen molar-refractivity contribution in [3.63, 3.8) is 0 Å². The Morgan fingerprint density at radius 3 is 2.00 bits per heavy atom. The summed E-state index contributed by atoms with van der Waals surface area (Å²) in [7, 11) is 0. The fourth-order valence-electron chi connectivity index (χ4n) is 9.26. The van der Waals surface area contributed by atoms with Crippen molar-refractivity contribution in [2.75, 3.05) is 5.32 Å². The lowest BCUT2D eigenvalue weighted by Crippen LogP contribution is -2.06. The number of hydrogen-bond acceptors (Lipinski definition) is 4. The molecular formula is C57H38N6. The van der Waals surface area contributed by atoms with Gasteiger partial charge in [0.15, 0.2) is 0 Å². The van der Waals surface area contributed by atoms with Crippen LogP contribution in [0.4, 0.5) is 11.4 Å². The Balaban J connectivity index is 1.07. The van der Waals surface area contributed by atoms with E-state index >= 15 is 0 Å². The van der Waals surface area contributed by atoms with Gasteiger partial charge in [-0.3, -0.25) is 4.57 Å². The van der Waals surface area contributed by atoms with Gasteiger partial charge in [-0.05, 0) is 93.7 Å². The predicted octanol–water partition coefficient (Wildman–Crippen LogP) is 14.6. The molecule has 0 spiro atoms. The molecule has 0 fully saturated rings. The molecule has 0 saturated carbocycles. The van der Waals surface area contributed by atoms with Gasteiger partial charge in [0.1, 0.15) is 0 Å². The van der Waals surface area contributed by atoms with Gasteiger partial charge in [-0.25, -0.2) is 9.97 Å². The Hall–Kier alpha value is -8.61. The fourth-order valence-corrected chi connectivity index (χ4v) is 9.26.